The summed E-state index contributed by atoms with van der Waals surface area (Å²) in [6.45, 7) is 7.03. The van der Waals surface area contributed by atoms with E-state index in [1.54, 1.807) is 24.5 Å². The van der Waals surface area contributed by atoms with Gasteiger partial charge in [-0.15, -0.1) is 0 Å². The third-order valence-electron chi connectivity index (χ3n) is 6.43. The lowest BCUT2D eigenvalue weighted by atomic mass is 9.90. The number of carbonyl (C=O) groups excluding carboxylic acids is 1. The normalized spacial score (nSPS) is 21.9. The molecule has 0 bridgehead atoms. The second-order valence-corrected chi connectivity index (χ2v) is 8.66. The summed E-state index contributed by atoms with van der Waals surface area (Å²) in [5.41, 5.74) is 4.87. The minimum atomic E-state index is -0.0572. The van der Waals surface area contributed by atoms with Crippen molar-refractivity contribution in [1.82, 2.24) is 20.1 Å². The average Bonchev–Trinajstić information content (AvgIpc) is 3.02. The lowest BCUT2D eigenvalue weighted by molar-refractivity contribution is 0.101. The molecule has 1 aromatic heterocycles. The number of dihydropyridines is 1. The molecule has 1 fully saturated rings. The summed E-state index contributed by atoms with van der Waals surface area (Å²) in [6, 6.07) is 10.3. The predicted molar refractivity (Wildman–Crippen MR) is 134 cm³/mol. The molecule has 6 nitrogen and oxygen atoms in total. The van der Waals surface area contributed by atoms with Crippen molar-refractivity contribution in [2.45, 2.75) is 38.8 Å². The van der Waals surface area contributed by atoms with Crippen LogP contribution in [-0.4, -0.2) is 53.0 Å². The summed E-state index contributed by atoms with van der Waals surface area (Å²) < 4.78 is 0. The Morgan fingerprint density at radius 2 is 1.85 bits per heavy atom. The number of pyridine rings is 1. The van der Waals surface area contributed by atoms with Crippen molar-refractivity contribution < 1.29 is 4.79 Å². The SMILES string of the molecule is CC.O=C(Nc1ccncc1)N1CCN(C2c3ccc(Cl)cc3CCC3=CC=CNC32)CC1. The van der Waals surface area contributed by atoms with E-state index < -0.39 is 0 Å². The maximum atomic E-state index is 12.7. The molecule has 1 saturated heterocycles. The van der Waals surface area contributed by atoms with Crippen LogP contribution in [0.5, 0.6) is 0 Å². The monoisotopic (exact) mass is 465 g/mol. The molecule has 2 atom stereocenters. The van der Waals surface area contributed by atoms with Crippen molar-refractivity contribution in [3.05, 3.63) is 82.8 Å². The van der Waals surface area contributed by atoms with Gasteiger partial charge in [0.05, 0.1) is 12.1 Å². The smallest absolute Gasteiger partial charge is 0.321 e. The van der Waals surface area contributed by atoms with E-state index in [0.717, 1.165) is 36.6 Å². The van der Waals surface area contributed by atoms with Crippen LogP contribution < -0.4 is 10.6 Å². The van der Waals surface area contributed by atoms with Gasteiger partial charge in [-0.1, -0.05) is 37.6 Å². The second kappa shape index (κ2) is 10.9. The van der Waals surface area contributed by atoms with Crippen LogP contribution in [-0.2, 0) is 6.42 Å². The number of hydrogen-bond acceptors (Lipinski definition) is 4. The van der Waals surface area contributed by atoms with E-state index in [4.69, 9.17) is 11.6 Å². The number of halogens is 1. The Bertz CT molecular complexity index is 1010. The number of hydrogen-bond donors (Lipinski definition) is 2. The fourth-order valence-corrected chi connectivity index (χ4v) is 5.06. The van der Waals surface area contributed by atoms with Gasteiger partial charge < -0.3 is 15.5 Å². The molecule has 174 valence electrons. The Morgan fingerprint density at radius 1 is 1.09 bits per heavy atom. The first kappa shape index (κ1) is 23.3. The van der Waals surface area contributed by atoms with Gasteiger partial charge in [0.1, 0.15) is 0 Å². The van der Waals surface area contributed by atoms with Gasteiger partial charge in [-0.3, -0.25) is 9.88 Å². The van der Waals surface area contributed by atoms with Crippen LogP contribution in [0, 0.1) is 0 Å². The van der Waals surface area contributed by atoms with E-state index in [9.17, 15) is 4.79 Å². The third kappa shape index (κ3) is 5.23. The first-order chi connectivity index (χ1) is 16.2. The maximum absolute atomic E-state index is 12.7. The first-order valence-electron chi connectivity index (χ1n) is 11.8. The highest BCUT2D eigenvalue weighted by molar-refractivity contribution is 6.30. The highest BCUT2D eigenvalue weighted by Gasteiger charge is 2.37. The van der Waals surface area contributed by atoms with Crippen LogP contribution in [0.1, 0.15) is 37.4 Å². The van der Waals surface area contributed by atoms with E-state index in [2.05, 4.69) is 44.8 Å². The van der Waals surface area contributed by atoms with Crippen LogP contribution in [0.2, 0.25) is 5.02 Å². The topological polar surface area (TPSA) is 60.5 Å². The van der Waals surface area contributed by atoms with Crippen LogP contribution >= 0.6 is 11.6 Å². The summed E-state index contributed by atoms with van der Waals surface area (Å²) in [5.74, 6) is 0. The van der Waals surface area contributed by atoms with Gasteiger partial charge in [0, 0.05) is 49.3 Å². The number of nitrogens with one attached hydrogen (secondary N) is 2. The number of allylic oxidation sites excluding steroid dienone is 2. The van der Waals surface area contributed by atoms with E-state index >= 15 is 0 Å². The number of aromatic nitrogens is 1. The Balaban J connectivity index is 0.00000126. The van der Waals surface area contributed by atoms with Crippen LogP contribution in [0.25, 0.3) is 0 Å². The number of rotatable bonds is 2. The average molecular weight is 466 g/mol. The van der Waals surface area contributed by atoms with Crippen LogP contribution in [0.3, 0.4) is 0 Å². The highest BCUT2D eigenvalue weighted by Crippen LogP contribution is 2.38. The third-order valence-corrected chi connectivity index (χ3v) is 6.67. The van der Waals surface area contributed by atoms with Crippen LogP contribution in [0.15, 0.2) is 66.7 Å². The molecule has 1 aromatic carbocycles. The van der Waals surface area contributed by atoms with Gasteiger partial charge in [0.15, 0.2) is 0 Å². The van der Waals surface area contributed by atoms with Gasteiger partial charge in [-0.2, -0.15) is 0 Å². The first-order valence-corrected chi connectivity index (χ1v) is 12.2. The van der Waals surface area contributed by atoms with Gasteiger partial charge in [0.25, 0.3) is 0 Å². The van der Waals surface area contributed by atoms with Crippen LogP contribution in [0.4, 0.5) is 10.5 Å². The minimum Gasteiger partial charge on any atom is -0.382 e. The number of benzene rings is 1. The number of aryl methyl sites for hydroxylation is 1. The molecule has 3 heterocycles. The zero-order valence-electron chi connectivity index (χ0n) is 19.3. The molecular formula is C26H32ClN5O. The molecule has 0 radical (unpaired) electrons. The molecule has 2 amide bonds. The molecule has 1 aliphatic carbocycles. The molecule has 2 aromatic rings. The number of urea groups is 1. The fraction of sp³-hybridized carbons (Fsp3) is 0.385. The van der Waals surface area contributed by atoms with Crippen molar-refractivity contribution in [3.63, 3.8) is 0 Å². The van der Waals surface area contributed by atoms with E-state index in [1.807, 2.05) is 31.0 Å². The van der Waals surface area contributed by atoms with Crippen molar-refractivity contribution in [2.75, 3.05) is 31.5 Å². The van der Waals surface area contributed by atoms with Crippen molar-refractivity contribution in [1.29, 1.82) is 0 Å². The summed E-state index contributed by atoms with van der Waals surface area (Å²) in [7, 11) is 0. The van der Waals surface area contributed by atoms with Gasteiger partial charge in [-0.25, -0.2) is 4.79 Å². The number of carbonyl (C=O) groups is 1. The van der Waals surface area contributed by atoms with E-state index in [0.29, 0.717) is 13.1 Å². The largest absolute Gasteiger partial charge is 0.382 e. The molecule has 7 heteroatoms. The standard InChI is InChI=1S/C24H26ClN5O.C2H6/c25-19-5-6-21-18(16-19)4-3-17-2-1-9-27-22(17)23(21)29-12-14-30(15-13-29)24(31)28-20-7-10-26-11-8-20;1-2/h1-2,5-11,16,22-23,27H,3-4,12-15H2,(H,26,28,31);1-2H3. The molecule has 2 aliphatic heterocycles. The zero-order chi connectivity index (χ0) is 23.2. The number of anilines is 1. The Hall–Kier alpha value is -2.83. The molecule has 5 rings (SSSR count). The number of piperazine rings is 1. The Labute approximate surface area is 201 Å². The quantitative estimate of drug-likeness (QED) is 0.654. The van der Waals surface area contributed by atoms with Gasteiger partial charge in [-0.05, 0) is 66.1 Å². The number of amides is 2. The van der Waals surface area contributed by atoms with Gasteiger partial charge in [0.2, 0.25) is 0 Å². The molecular weight excluding hydrogens is 434 g/mol. The minimum absolute atomic E-state index is 0.0572. The molecule has 0 spiro atoms. The van der Waals surface area contributed by atoms with Crippen molar-refractivity contribution in [2.24, 2.45) is 0 Å². The lowest BCUT2D eigenvalue weighted by Gasteiger charge is -2.43. The number of fused-ring (bicyclic) bond motifs is 2. The molecule has 3 aliphatic rings. The summed E-state index contributed by atoms with van der Waals surface area (Å²) in [4.78, 5) is 21.1. The Kier molecular flexibility index (Phi) is 7.68. The molecule has 0 saturated carbocycles. The predicted octanol–water partition coefficient (Wildman–Crippen LogP) is 5.01. The van der Waals surface area contributed by atoms with Gasteiger partial charge >= 0.3 is 6.03 Å². The van der Waals surface area contributed by atoms with E-state index in [1.165, 1.54) is 16.7 Å². The Morgan fingerprint density at radius 3 is 2.61 bits per heavy atom. The highest BCUT2D eigenvalue weighted by atomic mass is 35.5. The molecule has 33 heavy (non-hydrogen) atoms. The summed E-state index contributed by atoms with van der Waals surface area (Å²) in [5, 5.41) is 7.37. The van der Waals surface area contributed by atoms with Crippen molar-refractivity contribution in [3.8, 4) is 0 Å². The lowest BCUT2D eigenvalue weighted by Crippen LogP contribution is -2.54. The van der Waals surface area contributed by atoms with E-state index in [-0.39, 0.29) is 18.1 Å². The fourth-order valence-electron chi connectivity index (χ4n) is 4.86. The molecule has 2 N–H and O–H groups in total. The number of nitrogens with zero attached hydrogens (tertiary/aromatic N) is 3. The second-order valence-electron chi connectivity index (χ2n) is 8.22. The zero-order valence-corrected chi connectivity index (χ0v) is 20.1. The maximum Gasteiger partial charge on any atom is 0.321 e. The summed E-state index contributed by atoms with van der Waals surface area (Å²) >= 11 is 6.33. The van der Waals surface area contributed by atoms with Crippen molar-refractivity contribution >= 4 is 23.3 Å². The summed E-state index contributed by atoms with van der Waals surface area (Å²) in [6.07, 6.45) is 11.8. The molecule has 2 unspecified atom stereocenters.